The first kappa shape index (κ1) is 16.3. The van der Waals surface area contributed by atoms with Crippen molar-refractivity contribution >= 4 is 34.4 Å². The molecular weight excluding hydrogens is 332 g/mol. The number of pyridine rings is 1. The van der Waals surface area contributed by atoms with Crippen LogP contribution in [0.4, 0.5) is 22.0 Å². The number of ether oxygens (including phenoxy) is 1. The van der Waals surface area contributed by atoms with Crippen LogP contribution in [0, 0.1) is 0 Å². The van der Waals surface area contributed by atoms with E-state index >= 15 is 0 Å². The smallest absolute Gasteiger partial charge is 0.328 e. The SMILES string of the molecule is CNc1cc2nc3c1ncn3C(=O)N[C@H](C)COCc1cccc(c1)N2. The van der Waals surface area contributed by atoms with E-state index in [1.54, 1.807) is 0 Å². The van der Waals surface area contributed by atoms with Crippen LogP contribution in [0.25, 0.3) is 11.2 Å². The molecule has 3 heterocycles. The summed E-state index contributed by atoms with van der Waals surface area (Å²) in [5, 5.41) is 9.32. The Hall–Kier alpha value is -3.13. The van der Waals surface area contributed by atoms with Crippen LogP contribution in [0.3, 0.4) is 0 Å². The molecule has 0 spiro atoms. The predicted molar refractivity (Wildman–Crippen MR) is 99.8 cm³/mol. The Balaban J connectivity index is 1.85. The molecule has 0 saturated heterocycles. The average molecular weight is 352 g/mol. The van der Waals surface area contributed by atoms with Gasteiger partial charge in [-0.2, -0.15) is 0 Å². The molecule has 134 valence electrons. The molecule has 1 aliphatic rings. The minimum atomic E-state index is -0.286. The Bertz CT molecular complexity index is 967. The number of fused-ring (bicyclic) bond motifs is 3. The highest BCUT2D eigenvalue weighted by Gasteiger charge is 2.17. The number of rotatable bonds is 1. The second kappa shape index (κ2) is 6.64. The lowest BCUT2D eigenvalue weighted by Gasteiger charge is -2.16. The molecule has 1 aliphatic heterocycles. The van der Waals surface area contributed by atoms with Crippen LogP contribution in [-0.2, 0) is 11.3 Å². The van der Waals surface area contributed by atoms with Crippen molar-refractivity contribution in [2.24, 2.45) is 0 Å². The van der Waals surface area contributed by atoms with Crippen molar-refractivity contribution in [3.05, 3.63) is 42.2 Å². The van der Waals surface area contributed by atoms with E-state index in [1.165, 1.54) is 10.9 Å². The molecule has 4 bridgehead atoms. The molecule has 26 heavy (non-hydrogen) atoms. The van der Waals surface area contributed by atoms with E-state index in [-0.39, 0.29) is 12.1 Å². The molecule has 3 N–H and O–H groups in total. The second-order valence-corrected chi connectivity index (χ2v) is 6.28. The number of hydrogen-bond acceptors (Lipinski definition) is 6. The van der Waals surface area contributed by atoms with Crippen molar-refractivity contribution in [2.75, 3.05) is 24.3 Å². The van der Waals surface area contributed by atoms with Crippen LogP contribution in [0.2, 0.25) is 0 Å². The molecule has 0 fully saturated rings. The van der Waals surface area contributed by atoms with Gasteiger partial charge in [-0.15, -0.1) is 0 Å². The first-order chi connectivity index (χ1) is 12.6. The summed E-state index contributed by atoms with van der Waals surface area (Å²) in [4.78, 5) is 21.6. The summed E-state index contributed by atoms with van der Waals surface area (Å²) in [6.45, 7) is 2.79. The van der Waals surface area contributed by atoms with Gasteiger partial charge in [0.05, 0.1) is 24.9 Å². The van der Waals surface area contributed by atoms with E-state index in [2.05, 4.69) is 25.9 Å². The molecule has 1 atom stereocenters. The Morgan fingerprint density at radius 1 is 1.35 bits per heavy atom. The Labute approximate surface area is 150 Å². The lowest BCUT2D eigenvalue weighted by molar-refractivity contribution is 0.104. The van der Waals surface area contributed by atoms with Gasteiger partial charge in [0, 0.05) is 18.8 Å². The number of nitrogens with zero attached hydrogens (tertiary/aromatic N) is 3. The zero-order valence-corrected chi connectivity index (χ0v) is 14.6. The summed E-state index contributed by atoms with van der Waals surface area (Å²) in [6, 6.07) is 9.41. The maximum atomic E-state index is 12.6. The van der Waals surface area contributed by atoms with E-state index in [1.807, 2.05) is 44.3 Å². The molecule has 8 nitrogen and oxygen atoms in total. The van der Waals surface area contributed by atoms with Crippen LogP contribution in [0.15, 0.2) is 36.7 Å². The van der Waals surface area contributed by atoms with Crippen molar-refractivity contribution in [3.8, 4) is 0 Å². The molecule has 0 radical (unpaired) electrons. The minimum Gasteiger partial charge on any atom is -0.386 e. The van der Waals surface area contributed by atoms with Crippen molar-refractivity contribution in [2.45, 2.75) is 19.6 Å². The molecule has 1 amide bonds. The van der Waals surface area contributed by atoms with E-state index in [0.717, 1.165) is 16.9 Å². The molecular formula is C18H20N6O2. The number of amides is 1. The number of benzene rings is 1. The molecule has 0 aliphatic carbocycles. The standard InChI is InChI=1S/C18H20N6O2/c1-11-8-26-9-12-4-3-5-13(6-12)22-15-7-14(19-2)16-17(23-15)24(10-20-16)18(25)21-11/h3-7,10-11H,8-9H2,1-2H3,(H,21,25)(H2,19,22,23)/t11-/m1/s1. The van der Waals surface area contributed by atoms with Gasteiger partial charge in [0.25, 0.3) is 0 Å². The van der Waals surface area contributed by atoms with Gasteiger partial charge in [0.2, 0.25) is 0 Å². The average Bonchev–Trinajstić information content (AvgIpc) is 3.04. The quantitative estimate of drug-likeness (QED) is 0.623. The van der Waals surface area contributed by atoms with Crippen molar-refractivity contribution in [1.29, 1.82) is 0 Å². The summed E-state index contributed by atoms with van der Waals surface area (Å²) < 4.78 is 7.14. The lowest BCUT2D eigenvalue weighted by atomic mass is 10.2. The first-order valence-corrected chi connectivity index (χ1v) is 8.44. The third-order valence-electron chi connectivity index (χ3n) is 4.20. The number of carbonyl (C=O) groups is 1. The maximum Gasteiger partial charge on any atom is 0.328 e. The fourth-order valence-corrected chi connectivity index (χ4v) is 2.96. The summed E-state index contributed by atoms with van der Waals surface area (Å²) in [7, 11) is 1.82. The van der Waals surface area contributed by atoms with Crippen molar-refractivity contribution in [1.82, 2.24) is 19.9 Å². The fourth-order valence-electron chi connectivity index (χ4n) is 2.96. The van der Waals surface area contributed by atoms with Crippen molar-refractivity contribution < 1.29 is 9.53 Å². The molecule has 8 heteroatoms. The molecule has 3 aromatic rings. The van der Waals surface area contributed by atoms with Crippen LogP contribution in [-0.4, -0.2) is 40.3 Å². The number of carbonyl (C=O) groups excluding carboxylic acids is 1. The van der Waals surface area contributed by atoms with Crippen LogP contribution < -0.4 is 16.0 Å². The van der Waals surface area contributed by atoms with Gasteiger partial charge in [0.1, 0.15) is 17.7 Å². The highest BCUT2D eigenvalue weighted by molar-refractivity contribution is 5.94. The minimum absolute atomic E-state index is 0.142. The Morgan fingerprint density at radius 3 is 3.08 bits per heavy atom. The normalized spacial score (nSPS) is 17.5. The van der Waals surface area contributed by atoms with E-state index in [0.29, 0.717) is 30.2 Å². The van der Waals surface area contributed by atoms with Crippen molar-refractivity contribution in [3.63, 3.8) is 0 Å². The molecule has 4 rings (SSSR count). The van der Waals surface area contributed by atoms with Gasteiger partial charge in [-0.3, -0.25) is 0 Å². The fraction of sp³-hybridized carbons (Fsp3) is 0.278. The zero-order chi connectivity index (χ0) is 18.1. The van der Waals surface area contributed by atoms with Gasteiger partial charge in [-0.25, -0.2) is 19.3 Å². The molecule has 2 aromatic heterocycles. The van der Waals surface area contributed by atoms with Gasteiger partial charge in [-0.05, 0) is 24.6 Å². The highest BCUT2D eigenvalue weighted by Crippen LogP contribution is 2.26. The number of hydrogen-bond donors (Lipinski definition) is 3. The van der Waals surface area contributed by atoms with Gasteiger partial charge < -0.3 is 20.7 Å². The number of imidazole rings is 1. The molecule has 0 saturated carbocycles. The second-order valence-electron chi connectivity index (χ2n) is 6.28. The topological polar surface area (TPSA) is 93.1 Å². The van der Waals surface area contributed by atoms with Gasteiger partial charge in [-0.1, -0.05) is 12.1 Å². The monoisotopic (exact) mass is 352 g/mol. The van der Waals surface area contributed by atoms with Crippen LogP contribution in [0.1, 0.15) is 12.5 Å². The maximum absolute atomic E-state index is 12.6. The number of aromatic nitrogens is 3. The van der Waals surface area contributed by atoms with Crippen LogP contribution in [0.5, 0.6) is 0 Å². The summed E-state index contributed by atoms with van der Waals surface area (Å²) >= 11 is 0. The summed E-state index contributed by atoms with van der Waals surface area (Å²) in [5.41, 5.74) is 3.87. The van der Waals surface area contributed by atoms with E-state index in [4.69, 9.17) is 4.74 Å². The van der Waals surface area contributed by atoms with E-state index in [9.17, 15) is 4.79 Å². The molecule has 0 unspecified atom stereocenters. The van der Waals surface area contributed by atoms with Crippen LogP contribution >= 0.6 is 0 Å². The summed E-state index contributed by atoms with van der Waals surface area (Å²) in [6.07, 6.45) is 1.48. The number of nitrogens with one attached hydrogen (secondary N) is 3. The van der Waals surface area contributed by atoms with Gasteiger partial charge in [0.15, 0.2) is 5.65 Å². The van der Waals surface area contributed by atoms with Gasteiger partial charge >= 0.3 is 6.03 Å². The molecule has 1 aromatic carbocycles. The summed E-state index contributed by atoms with van der Waals surface area (Å²) in [5.74, 6) is 0.625. The highest BCUT2D eigenvalue weighted by atomic mass is 16.5. The third-order valence-corrected chi connectivity index (χ3v) is 4.20. The Morgan fingerprint density at radius 2 is 2.23 bits per heavy atom. The number of anilines is 3. The lowest BCUT2D eigenvalue weighted by Crippen LogP contribution is -2.38. The largest absolute Gasteiger partial charge is 0.386 e. The Kier molecular flexibility index (Phi) is 4.18. The predicted octanol–water partition coefficient (Wildman–Crippen LogP) is 2.69. The third kappa shape index (κ3) is 3.06. The first-order valence-electron chi connectivity index (χ1n) is 8.44. The zero-order valence-electron chi connectivity index (χ0n) is 14.6. The van der Waals surface area contributed by atoms with E-state index < -0.39 is 0 Å².